The summed E-state index contributed by atoms with van der Waals surface area (Å²) in [5.74, 6) is -1.63. The number of amides is 1. The van der Waals surface area contributed by atoms with Gasteiger partial charge in [0.1, 0.15) is 6.04 Å². The molecule has 10 nitrogen and oxygen atoms in total. The number of morpholine rings is 1. The van der Waals surface area contributed by atoms with Crippen molar-refractivity contribution in [2.45, 2.75) is 25.8 Å². The summed E-state index contributed by atoms with van der Waals surface area (Å²) in [4.78, 5) is 36.2. The molecule has 1 saturated heterocycles. The van der Waals surface area contributed by atoms with Crippen LogP contribution in [-0.4, -0.2) is 72.2 Å². The topological polar surface area (TPSA) is 134 Å². The van der Waals surface area contributed by atoms with Gasteiger partial charge >= 0.3 is 5.97 Å². The van der Waals surface area contributed by atoms with Gasteiger partial charge in [-0.1, -0.05) is 6.07 Å². The highest BCUT2D eigenvalue weighted by molar-refractivity contribution is 5.94. The van der Waals surface area contributed by atoms with Gasteiger partial charge in [-0.2, -0.15) is 0 Å². The second kappa shape index (κ2) is 10.7. The number of nitrogens with one attached hydrogen (secondary N) is 2. The molecule has 2 rings (SSSR count). The van der Waals surface area contributed by atoms with Crippen LogP contribution in [0.1, 0.15) is 18.4 Å². The number of aryl methyl sites for hydroxylation is 1. The zero-order chi connectivity index (χ0) is 20.5. The number of non-ortho nitro benzene ring substituents is 1. The predicted molar refractivity (Wildman–Crippen MR) is 102 cm³/mol. The van der Waals surface area contributed by atoms with Crippen molar-refractivity contribution < 1.29 is 24.4 Å². The number of carboxylic acids is 1. The van der Waals surface area contributed by atoms with Gasteiger partial charge in [-0.05, 0) is 32.0 Å². The number of nitro benzene ring substituents is 1. The lowest BCUT2D eigenvalue weighted by atomic mass is 10.1. The van der Waals surface area contributed by atoms with Crippen molar-refractivity contribution in [3.63, 3.8) is 0 Å². The van der Waals surface area contributed by atoms with Crippen LogP contribution in [0.5, 0.6) is 0 Å². The molecule has 0 bridgehead atoms. The van der Waals surface area contributed by atoms with Gasteiger partial charge in [-0.15, -0.1) is 0 Å². The third-order valence-electron chi connectivity index (χ3n) is 4.54. The fourth-order valence-corrected chi connectivity index (χ4v) is 2.90. The number of carbonyl (C=O) groups is 2. The van der Waals surface area contributed by atoms with E-state index in [9.17, 15) is 24.8 Å². The van der Waals surface area contributed by atoms with Crippen molar-refractivity contribution in [1.29, 1.82) is 0 Å². The average molecular weight is 394 g/mol. The monoisotopic (exact) mass is 394 g/mol. The minimum absolute atomic E-state index is 0.142. The normalized spacial score (nSPS) is 15.8. The van der Waals surface area contributed by atoms with Crippen LogP contribution in [0.2, 0.25) is 0 Å². The molecule has 1 amide bonds. The molecule has 1 aromatic rings. The molecule has 0 aliphatic carbocycles. The van der Waals surface area contributed by atoms with Crippen molar-refractivity contribution >= 4 is 23.3 Å². The first-order valence-electron chi connectivity index (χ1n) is 9.18. The van der Waals surface area contributed by atoms with Crippen LogP contribution in [0.3, 0.4) is 0 Å². The first-order valence-corrected chi connectivity index (χ1v) is 9.18. The Bertz CT molecular complexity index is 705. The highest BCUT2D eigenvalue weighted by Gasteiger charge is 2.21. The van der Waals surface area contributed by atoms with Crippen molar-refractivity contribution in [3.05, 3.63) is 33.9 Å². The Labute approximate surface area is 163 Å². The maximum Gasteiger partial charge on any atom is 0.321 e. The Hall–Kier alpha value is -2.56. The van der Waals surface area contributed by atoms with Crippen LogP contribution in [0, 0.1) is 17.0 Å². The number of carbonyl (C=O) groups excluding carboxylic acids is 1. The largest absolute Gasteiger partial charge is 0.480 e. The van der Waals surface area contributed by atoms with Crippen molar-refractivity contribution in [2.24, 2.45) is 0 Å². The number of carboxylic acid groups (broad SMARTS) is 1. The van der Waals surface area contributed by atoms with Crippen LogP contribution >= 0.6 is 0 Å². The second-order valence-electron chi connectivity index (χ2n) is 6.66. The molecular formula is C18H26N4O6. The summed E-state index contributed by atoms with van der Waals surface area (Å²) in [7, 11) is 0. The Morgan fingerprint density at radius 1 is 1.36 bits per heavy atom. The van der Waals surface area contributed by atoms with E-state index in [-0.39, 0.29) is 12.1 Å². The Kier molecular flexibility index (Phi) is 8.30. The van der Waals surface area contributed by atoms with E-state index >= 15 is 0 Å². The van der Waals surface area contributed by atoms with Crippen LogP contribution < -0.4 is 10.6 Å². The molecule has 10 heteroatoms. The second-order valence-corrected chi connectivity index (χ2v) is 6.66. The Balaban J connectivity index is 1.82. The first-order chi connectivity index (χ1) is 13.4. The van der Waals surface area contributed by atoms with E-state index < -0.39 is 22.8 Å². The lowest BCUT2D eigenvalue weighted by Gasteiger charge is -2.26. The summed E-state index contributed by atoms with van der Waals surface area (Å²) < 4.78 is 5.28. The van der Waals surface area contributed by atoms with E-state index in [0.29, 0.717) is 31.0 Å². The van der Waals surface area contributed by atoms with Gasteiger partial charge in [-0.3, -0.25) is 24.6 Å². The number of aliphatic carboxylic acids is 1. The number of ether oxygens (including phenoxy) is 1. The molecule has 154 valence electrons. The van der Waals surface area contributed by atoms with Gasteiger partial charge in [0.05, 0.1) is 30.2 Å². The zero-order valence-corrected chi connectivity index (χ0v) is 15.8. The number of nitrogens with zero attached hydrogens (tertiary/aromatic N) is 2. The molecule has 1 fully saturated rings. The van der Waals surface area contributed by atoms with Gasteiger partial charge in [0.25, 0.3) is 5.69 Å². The van der Waals surface area contributed by atoms with Gasteiger partial charge in [-0.25, -0.2) is 0 Å². The fourth-order valence-electron chi connectivity index (χ4n) is 2.90. The lowest BCUT2D eigenvalue weighted by molar-refractivity contribution is -0.384. The molecule has 1 aromatic carbocycles. The molecule has 1 atom stereocenters. The van der Waals surface area contributed by atoms with Crippen LogP contribution in [-0.2, 0) is 14.3 Å². The van der Waals surface area contributed by atoms with E-state index in [1.54, 1.807) is 6.92 Å². The van der Waals surface area contributed by atoms with Gasteiger partial charge in [0.15, 0.2) is 0 Å². The van der Waals surface area contributed by atoms with E-state index in [1.807, 2.05) is 0 Å². The summed E-state index contributed by atoms with van der Waals surface area (Å²) in [6.45, 7) is 6.17. The van der Waals surface area contributed by atoms with Crippen LogP contribution in [0.4, 0.5) is 11.4 Å². The minimum Gasteiger partial charge on any atom is -0.480 e. The summed E-state index contributed by atoms with van der Waals surface area (Å²) in [5.41, 5.74) is 0.817. The maximum atomic E-state index is 12.2. The SMILES string of the molecule is Cc1ccc([N+](=O)[O-])cc1NC(=O)CC(NCCCN1CCOCC1)C(=O)O. The summed E-state index contributed by atoms with van der Waals surface area (Å²) in [6.07, 6.45) is 0.490. The highest BCUT2D eigenvalue weighted by atomic mass is 16.6. The van der Waals surface area contributed by atoms with Crippen LogP contribution in [0.25, 0.3) is 0 Å². The quantitative estimate of drug-likeness (QED) is 0.304. The van der Waals surface area contributed by atoms with Crippen molar-refractivity contribution in [2.75, 3.05) is 44.7 Å². The summed E-state index contributed by atoms with van der Waals surface area (Å²) in [6, 6.07) is 3.12. The lowest BCUT2D eigenvalue weighted by Crippen LogP contribution is -2.42. The van der Waals surface area contributed by atoms with Gasteiger partial charge < -0.3 is 20.5 Å². The van der Waals surface area contributed by atoms with E-state index in [4.69, 9.17) is 4.74 Å². The van der Waals surface area contributed by atoms with E-state index in [2.05, 4.69) is 15.5 Å². The molecule has 1 heterocycles. The van der Waals surface area contributed by atoms with Crippen molar-refractivity contribution in [1.82, 2.24) is 10.2 Å². The molecular weight excluding hydrogens is 368 g/mol. The fraction of sp³-hybridized carbons (Fsp3) is 0.556. The smallest absolute Gasteiger partial charge is 0.321 e. The number of benzene rings is 1. The molecule has 3 N–H and O–H groups in total. The molecule has 0 aromatic heterocycles. The highest BCUT2D eigenvalue weighted by Crippen LogP contribution is 2.22. The third-order valence-corrected chi connectivity index (χ3v) is 4.54. The molecule has 1 unspecified atom stereocenters. The Morgan fingerprint density at radius 2 is 2.07 bits per heavy atom. The minimum atomic E-state index is -1.11. The zero-order valence-electron chi connectivity index (χ0n) is 15.8. The number of rotatable bonds is 10. The standard InChI is InChI=1S/C18H26N4O6/c1-13-3-4-14(22(26)27)11-15(13)20-17(23)12-16(18(24)25)19-5-2-6-21-7-9-28-10-8-21/h3-4,11,16,19H,2,5-10,12H2,1H3,(H,20,23)(H,24,25). The molecule has 1 aliphatic rings. The maximum absolute atomic E-state index is 12.2. The van der Waals surface area contributed by atoms with E-state index in [0.717, 1.165) is 26.1 Å². The average Bonchev–Trinajstić information content (AvgIpc) is 2.66. The Morgan fingerprint density at radius 3 is 2.71 bits per heavy atom. The molecule has 0 saturated carbocycles. The summed E-state index contributed by atoms with van der Waals surface area (Å²) >= 11 is 0. The number of hydrogen-bond donors (Lipinski definition) is 3. The molecule has 28 heavy (non-hydrogen) atoms. The number of hydrogen-bond acceptors (Lipinski definition) is 7. The van der Waals surface area contributed by atoms with Gasteiger partial charge in [0.2, 0.25) is 5.91 Å². The molecule has 0 spiro atoms. The van der Waals surface area contributed by atoms with Crippen molar-refractivity contribution in [3.8, 4) is 0 Å². The third kappa shape index (κ3) is 6.87. The van der Waals surface area contributed by atoms with Gasteiger partial charge in [0, 0.05) is 25.2 Å². The van der Waals surface area contributed by atoms with E-state index in [1.165, 1.54) is 18.2 Å². The number of anilines is 1. The number of nitro groups is 1. The predicted octanol–water partition coefficient (Wildman–Crippen LogP) is 0.997. The first kappa shape index (κ1) is 21.7. The van der Waals surface area contributed by atoms with Crippen LogP contribution in [0.15, 0.2) is 18.2 Å². The molecule has 0 radical (unpaired) electrons. The molecule has 1 aliphatic heterocycles. The summed E-state index contributed by atoms with van der Waals surface area (Å²) in [5, 5.41) is 25.7.